The van der Waals surface area contributed by atoms with Crippen LogP contribution in [0.5, 0.6) is 5.75 Å². The summed E-state index contributed by atoms with van der Waals surface area (Å²) in [5.74, 6) is 2.34. The summed E-state index contributed by atoms with van der Waals surface area (Å²) in [5.41, 5.74) is 2.04. The predicted octanol–water partition coefficient (Wildman–Crippen LogP) is 2.97. The van der Waals surface area contributed by atoms with Gasteiger partial charge in [-0.1, -0.05) is 17.3 Å². The third-order valence-corrected chi connectivity index (χ3v) is 4.58. The first-order valence-electron chi connectivity index (χ1n) is 7.53. The van der Waals surface area contributed by atoms with Gasteiger partial charge in [0.15, 0.2) is 0 Å². The minimum absolute atomic E-state index is 0.0451. The first-order valence-corrected chi connectivity index (χ1v) is 8.58. The Bertz CT molecular complexity index is 625. The van der Waals surface area contributed by atoms with Crippen molar-refractivity contribution < 1.29 is 14.1 Å². The third-order valence-electron chi connectivity index (χ3n) is 3.40. The van der Waals surface area contributed by atoms with Gasteiger partial charge in [-0.2, -0.15) is 0 Å². The predicted molar refractivity (Wildman–Crippen MR) is 91.7 cm³/mol. The first kappa shape index (κ1) is 17.4. The monoisotopic (exact) mass is 334 g/mol. The quantitative estimate of drug-likeness (QED) is 0.804. The van der Waals surface area contributed by atoms with Crippen LogP contribution in [0.4, 0.5) is 0 Å². The number of amides is 1. The van der Waals surface area contributed by atoms with Gasteiger partial charge >= 0.3 is 0 Å². The number of nitrogens with one attached hydrogen (secondary N) is 1. The zero-order valence-electron chi connectivity index (χ0n) is 13.7. The summed E-state index contributed by atoms with van der Waals surface area (Å²) >= 11 is 1.55. The second-order valence-electron chi connectivity index (χ2n) is 5.27. The minimum Gasteiger partial charge on any atom is -0.497 e. The Kier molecular flexibility index (Phi) is 6.52. The number of aryl methyl sites for hydroxylation is 1. The van der Waals surface area contributed by atoms with Crippen molar-refractivity contribution in [1.82, 2.24) is 10.5 Å². The molecule has 0 aliphatic heterocycles. The highest BCUT2D eigenvalue weighted by Crippen LogP contribution is 2.17. The molecule has 0 saturated carbocycles. The number of ether oxygens (including phenoxy) is 1. The largest absolute Gasteiger partial charge is 0.497 e. The fraction of sp³-hybridized carbons (Fsp3) is 0.412. The zero-order chi connectivity index (χ0) is 16.7. The van der Waals surface area contributed by atoms with E-state index in [-0.39, 0.29) is 11.2 Å². The van der Waals surface area contributed by atoms with Crippen LogP contribution < -0.4 is 10.1 Å². The summed E-state index contributed by atoms with van der Waals surface area (Å²) in [7, 11) is 1.65. The molecular weight excluding hydrogens is 312 g/mol. The number of rotatable bonds is 8. The second kappa shape index (κ2) is 8.62. The van der Waals surface area contributed by atoms with Crippen molar-refractivity contribution in [3.63, 3.8) is 0 Å². The average molecular weight is 334 g/mol. The number of hydrogen-bond donors (Lipinski definition) is 1. The van der Waals surface area contributed by atoms with Gasteiger partial charge in [0, 0.05) is 18.4 Å². The molecule has 1 heterocycles. The van der Waals surface area contributed by atoms with Gasteiger partial charge < -0.3 is 14.6 Å². The Morgan fingerprint density at radius 1 is 1.39 bits per heavy atom. The van der Waals surface area contributed by atoms with Gasteiger partial charge in [0.25, 0.3) is 0 Å². The molecular formula is C17H22N2O3S. The zero-order valence-corrected chi connectivity index (χ0v) is 14.5. The number of aromatic nitrogens is 1. The molecule has 1 N–H and O–H groups in total. The van der Waals surface area contributed by atoms with E-state index < -0.39 is 0 Å². The van der Waals surface area contributed by atoms with Crippen LogP contribution in [0.25, 0.3) is 0 Å². The molecule has 1 amide bonds. The van der Waals surface area contributed by atoms with E-state index in [4.69, 9.17) is 9.26 Å². The molecule has 0 spiro atoms. The number of thioether (sulfide) groups is 1. The van der Waals surface area contributed by atoms with Crippen LogP contribution in [0.1, 0.15) is 23.9 Å². The van der Waals surface area contributed by atoms with E-state index in [1.54, 1.807) is 18.9 Å². The third kappa shape index (κ3) is 5.63. The highest BCUT2D eigenvalue weighted by Gasteiger charge is 2.14. The van der Waals surface area contributed by atoms with Gasteiger partial charge in [0.05, 0.1) is 18.1 Å². The van der Waals surface area contributed by atoms with Gasteiger partial charge in [0.2, 0.25) is 5.91 Å². The van der Waals surface area contributed by atoms with Crippen molar-refractivity contribution in [1.29, 1.82) is 0 Å². The lowest BCUT2D eigenvalue weighted by molar-refractivity contribution is -0.120. The molecule has 1 aromatic heterocycles. The number of methoxy groups -OCH3 is 1. The molecule has 0 fully saturated rings. The molecule has 124 valence electrons. The lowest BCUT2D eigenvalue weighted by Gasteiger charge is -2.11. The molecule has 0 aliphatic rings. The van der Waals surface area contributed by atoms with Gasteiger partial charge in [-0.3, -0.25) is 4.79 Å². The fourth-order valence-corrected chi connectivity index (χ4v) is 2.83. The number of nitrogens with zero attached hydrogens (tertiary/aromatic N) is 1. The highest BCUT2D eigenvalue weighted by atomic mass is 32.2. The maximum atomic E-state index is 12.1. The minimum atomic E-state index is -0.122. The van der Waals surface area contributed by atoms with Crippen molar-refractivity contribution >= 4 is 17.7 Å². The molecule has 0 saturated heterocycles. The summed E-state index contributed by atoms with van der Waals surface area (Å²) in [6.07, 6.45) is 0.801. The first-order chi connectivity index (χ1) is 11.1. The molecule has 1 aromatic carbocycles. The van der Waals surface area contributed by atoms with E-state index in [0.717, 1.165) is 23.6 Å². The standard InChI is InChI=1S/C17H22N2O3S/c1-12-10-15(19-22-12)11-23-13(2)17(20)18-9-8-14-4-6-16(21-3)7-5-14/h4-7,10,13H,8-9,11H2,1-3H3,(H,18,20). The fourth-order valence-electron chi connectivity index (χ4n) is 2.04. The lowest BCUT2D eigenvalue weighted by atomic mass is 10.1. The van der Waals surface area contributed by atoms with Crippen molar-refractivity contribution in [2.45, 2.75) is 31.3 Å². The number of hydrogen-bond acceptors (Lipinski definition) is 5. The number of carbonyl (C=O) groups excluding carboxylic acids is 1. The summed E-state index contributed by atoms with van der Waals surface area (Å²) in [5, 5.41) is 6.77. The van der Waals surface area contributed by atoms with Crippen molar-refractivity contribution in [2.24, 2.45) is 0 Å². The Morgan fingerprint density at radius 2 is 2.13 bits per heavy atom. The number of benzene rings is 1. The number of carbonyl (C=O) groups is 1. The molecule has 6 heteroatoms. The van der Waals surface area contributed by atoms with Crippen LogP contribution in [-0.4, -0.2) is 30.0 Å². The summed E-state index contributed by atoms with van der Waals surface area (Å²) in [6, 6.07) is 9.76. The SMILES string of the molecule is COc1ccc(CCNC(=O)C(C)SCc2cc(C)on2)cc1. The molecule has 2 rings (SSSR count). The van der Waals surface area contributed by atoms with Crippen LogP contribution in [0, 0.1) is 6.92 Å². The second-order valence-corrected chi connectivity index (χ2v) is 6.60. The van der Waals surface area contributed by atoms with Crippen LogP contribution in [0.2, 0.25) is 0 Å². The Balaban J connectivity index is 1.68. The summed E-state index contributed by atoms with van der Waals surface area (Å²) in [4.78, 5) is 12.1. The maximum Gasteiger partial charge on any atom is 0.232 e. The molecule has 5 nitrogen and oxygen atoms in total. The van der Waals surface area contributed by atoms with E-state index in [1.165, 1.54) is 5.56 Å². The van der Waals surface area contributed by atoms with Gasteiger partial charge in [-0.25, -0.2) is 0 Å². The van der Waals surface area contributed by atoms with E-state index in [9.17, 15) is 4.79 Å². The van der Waals surface area contributed by atoms with E-state index >= 15 is 0 Å². The van der Waals surface area contributed by atoms with Gasteiger partial charge in [0.1, 0.15) is 11.5 Å². The Morgan fingerprint density at radius 3 is 2.74 bits per heavy atom. The normalized spacial score (nSPS) is 12.0. The van der Waals surface area contributed by atoms with Crippen LogP contribution in [-0.2, 0) is 17.0 Å². The molecule has 1 unspecified atom stereocenters. The van der Waals surface area contributed by atoms with Gasteiger partial charge in [-0.05, 0) is 38.0 Å². The molecule has 2 aromatic rings. The Hall–Kier alpha value is -1.95. The van der Waals surface area contributed by atoms with Gasteiger partial charge in [-0.15, -0.1) is 11.8 Å². The Labute approximate surface area is 140 Å². The van der Waals surface area contributed by atoms with Crippen LogP contribution in [0.15, 0.2) is 34.9 Å². The van der Waals surface area contributed by atoms with Crippen LogP contribution in [0.3, 0.4) is 0 Å². The average Bonchev–Trinajstić information content (AvgIpc) is 2.98. The summed E-state index contributed by atoms with van der Waals surface area (Å²) < 4.78 is 10.1. The van der Waals surface area contributed by atoms with Crippen molar-refractivity contribution in [2.75, 3.05) is 13.7 Å². The molecule has 0 aliphatic carbocycles. The van der Waals surface area contributed by atoms with E-state index in [0.29, 0.717) is 12.3 Å². The van der Waals surface area contributed by atoms with E-state index in [2.05, 4.69) is 10.5 Å². The van der Waals surface area contributed by atoms with E-state index in [1.807, 2.05) is 44.2 Å². The molecule has 1 atom stereocenters. The highest BCUT2D eigenvalue weighted by molar-refractivity contribution is 7.99. The summed E-state index contributed by atoms with van der Waals surface area (Å²) in [6.45, 7) is 4.38. The molecule has 0 radical (unpaired) electrons. The maximum absolute atomic E-state index is 12.1. The van der Waals surface area contributed by atoms with Crippen LogP contribution >= 0.6 is 11.8 Å². The van der Waals surface area contributed by atoms with Crippen molar-refractivity contribution in [3.05, 3.63) is 47.3 Å². The smallest absolute Gasteiger partial charge is 0.232 e. The molecule has 23 heavy (non-hydrogen) atoms. The van der Waals surface area contributed by atoms with Crippen molar-refractivity contribution in [3.8, 4) is 5.75 Å². The lowest BCUT2D eigenvalue weighted by Crippen LogP contribution is -2.32. The molecule has 0 bridgehead atoms. The topological polar surface area (TPSA) is 64.4 Å².